The van der Waals surface area contributed by atoms with Gasteiger partial charge in [0.15, 0.2) is 0 Å². The van der Waals surface area contributed by atoms with E-state index in [-0.39, 0.29) is 0 Å². The molecule has 0 fully saturated rings. The van der Waals surface area contributed by atoms with Gasteiger partial charge < -0.3 is 0 Å². The van der Waals surface area contributed by atoms with Gasteiger partial charge in [-0.3, -0.25) is 9.78 Å². The largest absolute Gasteiger partial charge is 0.373 e. The van der Waals surface area contributed by atoms with Crippen molar-refractivity contribution in [1.82, 2.24) is 0 Å². The van der Waals surface area contributed by atoms with Crippen molar-refractivity contribution in [2.24, 2.45) is 5.41 Å². The second-order valence-electron chi connectivity index (χ2n) is 10.2. The van der Waals surface area contributed by atoms with Crippen LogP contribution in [0.3, 0.4) is 0 Å². The van der Waals surface area contributed by atoms with Gasteiger partial charge in [-0.15, -0.1) is 36.1 Å². The van der Waals surface area contributed by atoms with Crippen molar-refractivity contribution >= 4 is 38.5 Å². The number of hydrogen-bond donors (Lipinski definition) is 0. The zero-order valence-electron chi connectivity index (χ0n) is 23.7. The summed E-state index contributed by atoms with van der Waals surface area (Å²) in [5.41, 5.74) is 7.71. The van der Waals surface area contributed by atoms with Crippen LogP contribution in [0.2, 0.25) is 13.1 Å². The maximum Gasteiger partial charge on any atom is 0.373 e. The van der Waals surface area contributed by atoms with Gasteiger partial charge in [-0.05, 0) is 37.1 Å². The van der Waals surface area contributed by atoms with Crippen molar-refractivity contribution in [1.29, 1.82) is 0 Å². The van der Waals surface area contributed by atoms with E-state index < -0.39 is 39.8 Å². The van der Waals surface area contributed by atoms with Crippen LogP contribution in [0.1, 0.15) is 54.3 Å². The molecule has 0 atom stereocenters. The van der Waals surface area contributed by atoms with E-state index in [1.807, 2.05) is 67.8 Å². The Morgan fingerprint density at radius 2 is 1.03 bits per heavy atom. The molecular weight excluding hydrogens is 525 g/mol. The first-order chi connectivity index (χ1) is 18.5. The Morgan fingerprint density at radius 1 is 0.718 bits per heavy atom. The first kappa shape index (κ1) is 31.9. The fraction of sp³-hybridized carbons (Fsp3) is 0.290. The standard InChI is InChI=1S/C31H40O6Si2/c1-10-31(7,11-2)30(36-34-28(32)24-16-20-26(21-17-24)38(8,12-3)13-4)37-35-29(33)25-18-22-27(23-19-25)39(9,14-5)15-6/h12-23,30H,3-6,10-11H2,1-2,7-9H3. The van der Waals surface area contributed by atoms with E-state index in [4.69, 9.17) is 19.6 Å². The zero-order valence-corrected chi connectivity index (χ0v) is 25.7. The van der Waals surface area contributed by atoms with Crippen LogP contribution in [0.5, 0.6) is 0 Å². The molecule has 6 nitrogen and oxygen atoms in total. The van der Waals surface area contributed by atoms with Crippen LogP contribution in [-0.2, 0) is 19.6 Å². The SMILES string of the molecule is C=C[Si](C)(C=C)c1ccc(C(=O)OOC(OOC(=O)c2ccc([Si](C)(C=C)C=C)cc2)C(C)(CC)CC)cc1. The van der Waals surface area contributed by atoms with Gasteiger partial charge in [0.25, 0.3) is 6.29 Å². The molecule has 0 aliphatic rings. The third-order valence-electron chi connectivity index (χ3n) is 7.79. The maximum atomic E-state index is 12.7. The molecule has 0 aromatic heterocycles. The van der Waals surface area contributed by atoms with Gasteiger partial charge in [0.2, 0.25) is 0 Å². The average molecular weight is 565 g/mol. The van der Waals surface area contributed by atoms with Gasteiger partial charge >= 0.3 is 11.9 Å². The lowest BCUT2D eigenvalue weighted by Gasteiger charge is -2.32. The van der Waals surface area contributed by atoms with Crippen molar-refractivity contribution in [2.75, 3.05) is 0 Å². The normalized spacial score (nSPS) is 11.9. The number of rotatable bonds is 15. The van der Waals surface area contributed by atoms with E-state index in [0.29, 0.717) is 24.0 Å². The minimum absolute atomic E-state index is 0.309. The summed E-state index contributed by atoms with van der Waals surface area (Å²) in [5, 5.41) is 2.13. The topological polar surface area (TPSA) is 71.1 Å². The molecule has 39 heavy (non-hydrogen) atoms. The van der Waals surface area contributed by atoms with Crippen LogP contribution in [0.25, 0.3) is 0 Å². The first-order valence-electron chi connectivity index (χ1n) is 13.0. The van der Waals surface area contributed by atoms with Crippen LogP contribution in [0, 0.1) is 5.41 Å². The second-order valence-corrected chi connectivity index (χ2v) is 18.1. The summed E-state index contributed by atoms with van der Waals surface area (Å²) in [6, 6.07) is 14.1. The third-order valence-corrected chi connectivity index (χ3v) is 14.3. The fourth-order valence-corrected chi connectivity index (χ4v) is 6.72. The summed E-state index contributed by atoms with van der Waals surface area (Å²) >= 11 is 0. The minimum Gasteiger partial charge on any atom is -0.290 e. The van der Waals surface area contributed by atoms with Gasteiger partial charge in [0.05, 0.1) is 11.1 Å². The van der Waals surface area contributed by atoms with Gasteiger partial charge in [-0.2, -0.15) is 0 Å². The lowest BCUT2D eigenvalue weighted by Crippen LogP contribution is -2.41. The molecule has 0 amide bonds. The predicted octanol–water partition coefficient (Wildman–Crippen LogP) is 6.19. The predicted molar refractivity (Wildman–Crippen MR) is 162 cm³/mol. The highest BCUT2D eigenvalue weighted by molar-refractivity contribution is 6.99. The molecule has 0 aliphatic heterocycles. The second kappa shape index (κ2) is 13.7. The van der Waals surface area contributed by atoms with E-state index in [1.54, 1.807) is 24.3 Å². The van der Waals surface area contributed by atoms with Crippen LogP contribution >= 0.6 is 0 Å². The molecular formula is C31H40O6Si2. The highest BCUT2D eigenvalue weighted by Crippen LogP contribution is 2.33. The Bertz CT molecular complexity index is 1080. The smallest absolute Gasteiger partial charge is 0.290 e. The Labute approximate surface area is 234 Å². The molecule has 2 aromatic carbocycles. The van der Waals surface area contributed by atoms with Gasteiger partial charge in [0, 0.05) is 5.41 Å². The molecule has 0 saturated heterocycles. The number of carbonyl (C=O) groups is 2. The molecule has 0 N–H and O–H groups in total. The highest BCUT2D eigenvalue weighted by atomic mass is 28.3. The fourth-order valence-electron chi connectivity index (χ4n) is 3.67. The molecule has 0 heterocycles. The van der Waals surface area contributed by atoms with Crippen LogP contribution in [-0.4, -0.2) is 34.4 Å². The molecule has 0 spiro atoms. The molecule has 0 bridgehead atoms. The molecule has 208 valence electrons. The maximum absolute atomic E-state index is 12.7. The van der Waals surface area contributed by atoms with E-state index in [2.05, 4.69) is 39.4 Å². The summed E-state index contributed by atoms with van der Waals surface area (Å²) in [7, 11) is -4.00. The van der Waals surface area contributed by atoms with Crippen molar-refractivity contribution < 1.29 is 29.1 Å². The molecule has 2 rings (SSSR count). The van der Waals surface area contributed by atoms with Crippen LogP contribution < -0.4 is 10.4 Å². The third kappa shape index (κ3) is 7.42. The lowest BCUT2D eigenvalue weighted by molar-refractivity contribution is -0.445. The van der Waals surface area contributed by atoms with Crippen molar-refractivity contribution in [2.45, 2.75) is 53.0 Å². The van der Waals surface area contributed by atoms with Crippen molar-refractivity contribution in [3.8, 4) is 0 Å². The number of carbonyl (C=O) groups excluding carboxylic acids is 2. The monoisotopic (exact) mass is 564 g/mol. The molecule has 0 aliphatic carbocycles. The summed E-state index contributed by atoms with van der Waals surface area (Å²) in [5.74, 6) is -1.38. The Kier molecular flexibility index (Phi) is 11.2. The number of hydrogen-bond acceptors (Lipinski definition) is 6. The van der Waals surface area contributed by atoms with E-state index >= 15 is 0 Å². The van der Waals surface area contributed by atoms with E-state index in [0.717, 1.165) is 10.4 Å². The summed E-state index contributed by atoms with van der Waals surface area (Å²) in [4.78, 5) is 46.6. The molecule has 8 heteroatoms. The average Bonchev–Trinajstić information content (AvgIpc) is 2.99. The van der Waals surface area contributed by atoms with Gasteiger partial charge in [-0.1, -0.05) is 91.3 Å². The Balaban J connectivity index is 2.12. The van der Waals surface area contributed by atoms with Crippen LogP contribution in [0.15, 0.2) is 97.6 Å². The first-order valence-corrected chi connectivity index (χ1v) is 18.3. The van der Waals surface area contributed by atoms with Crippen LogP contribution in [0.4, 0.5) is 0 Å². The summed E-state index contributed by atoms with van der Waals surface area (Å²) in [6.45, 7) is 25.7. The highest BCUT2D eigenvalue weighted by Gasteiger charge is 2.37. The molecule has 2 aromatic rings. The molecule has 0 unspecified atom stereocenters. The lowest BCUT2D eigenvalue weighted by atomic mass is 9.84. The Hall–Kier alpha value is -3.31. The molecule has 0 saturated carbocycles. The minimum atomic E-state index is -2.00. The summed E-state index contributed by atoms with van der Waals surface area (Å²) in [6.07, 6.45) is 0.0877. The quantitative estimate of drug-likeness (QED) is 0.111. The van der Waals surface area contributed by atoms with E-state index in [1.165, 1.54) is 0 Å². The number of benzene rings is 2. The van der Waals surface area contributed by atoms with Crippen molar-refractivity contribution in [3.63, 3.8) is 0 Å². The van der Waals surface area contributed by atoms with Gasteiger partial charge in [-0.25, -0.2) is 9.59 Å². The summed E-state index contributed by atoms with van der Waals surface area (Å²) < 4.78 is 0. The van der Waals surface area contributed by atoms with Crippen molar-refractivity contribution in [3.05, 3.63) is 109 Å². The van der Waals surface area contributed by atoms with E-state index in [9.17, 15) is 9.59 Å². The molecule has 0 radical (unpaired) electrons. The van der Waals surface area contributed by atoms with Gasteiger partial charge in [0.1, 0.15) is 16.1 Å². The zero-order chi connectivity index (χ0) is 29.3. The Morgan fingerprint density at radius 3 is 1.28 bits per heavy atom.